The summed E-state index contributed by atoms with van der Waals surface area (Å²) in [5.41, 5.74) is -0.540. The highest BCUT2D eigenvalue weighted by atomic mass is 28.4. The summed E-state index contributed by atoms with van der Waals surface area (Å²) in [5, 5.41) is 0.118. The fourth-order valence-corrected chi connectivity index (χ4v) is 3.20. The van der Waals surface area contributed by atoms with Crippen LogP contribution in [-0.2, 0) is 18.6 Å². The zero-order valence-electron chi connectivity index (χ0n) is 17.5. The smallest absolute Gasteiger partial charge is 0.410 e. The molecule has 1 unspecified atom stereocenters. The zero-order chi connectivity index (χ0) is 19.5. The molecule has 0 saturated carbocycles. The third-order valence-corrected chi connectivity index (χ3v) is 9.19. The van der Waals surface area contributed by atoms with Crippen LogP contribution in [0.2, 0.25) is 18.1 Å². The van der Waals surface area contributed by atoms with Crippen LogP contribution in [0.1, 0.15) is 48.5 Å². The van der Waals surface area contributed by atoms with E-state index in [0.717, 1.165) is 0 Å². The average molecular weight is 376 g/mol. The molecule has 1 rings (SSSR count). The summed E-state index contributed by atoms with van der Waals surface area (Å²) in [6, 6.07) is -0.166. The second-order valence-electron chi connectivity index (χ2n) is 9.08. The quantitative estimate of drug-likeness (QED) is 0.680. The lowest BCUT2D eigenvalue weighted by atomic mass is 10.2. The van der Waals surface area contributed by atoms with Crippen molar-refractivity contribution in [1.29, 1.82) is 0 Å². The van der Waals surface area contributed by atoms with Crippen LogP contribution in [-0.4, -0.2) is 63.6 Å². The monoisotopic (exact) mass is 375 g/mol. The predicted octanol–water partition coefficient (Wildman–Crippen LogP) is 4.01. The number of carbonyl (C=O) groups excluding carboxylic acids is 1. The highest BCUT2D eigenvalue weighted by Crippen LogP contribution is 2.36. The van der Waals surface area contributed by atoms with Crippen molar-refractivity contribution >= 4 is 14.4 Å². The maximum absolute atomic E-state index is 12.6. The van der Waals surface area contributed by atoms with Crippen molar-refractivity contribution < 1.29 is 23.4 Å². The molecule has 0 aromatic rings. The normalized spacial score (nSPS) is 22.8. The molecular formula is C18H37NO5Si. The Bertz CT molecular complexity index is 442. The lowest BCUT2D eigenvalue weighted by molar-refractivity contribution is -0.191. The van der Waals surface area contributed by atoms with Crippen LogP contribution in [0.5, 0.6) is 0 Å². The largest absolute Gasteiger partial charge is 0.444 e. The third kappa shape index (κ3) is 6.88. The van der Waals surface area contributed by atoms with Gasteiger partial charge in [0.15, 0.2) is 14.6 Å². The average Bonchev–Trinajstić information content (AvgIpc) is 2.43. The van der Waals surface area contributed by atoms with E-state index in [1.54, 1.807) is 4.90 Å². The van der Waals surface area contributed by atoms with Crippen LogP contribution in [0.4, 0.5) is 4.79 Å². The van der Waals surface area contributed by atoms with Gasteiger partial charge in [0.05, 0.1) is 25.8 Å². The van der Waals surface area contributed by atoms with Gasteiger partial charge in [0.25, 0.3) is 0 Å². The summed E-state index contributed by atoms with van der Waals surface area (Å²) in [7, 11) is -1.90. The number of hydrogen-bond acceptors (Lipinski definition) is 5. The second kappa shape index (κ2) is 8.37. The van der Waals surface area contributed by atoms with E-state index in [4.69, 9.17) is 18.6 Å². The molecule has 0 bridgehead atoms. The molecule has 2 atom stereocenters. The van der Waals surface area contributed by atoms with E-state index in [0.29, 0.717) is 26.4 Å². The standard InChI is InChI=1S/C18H37NO5Si/c1-10-21-15-11-19(16(20)24-17(2,3)4)14(12-22-15)13-23-25(8,9)18(5,6)7/h14-15H,10-13H2,1-9H3/t14?,15-/m1/s1. The Kier molecular flexibility index (Phi) is 7.50. The van der Waals surface area contributed by atoms with E-state index in [2.05, 4.69) is 33.9 Å². The molecule has 1 amide bonds. The molecular weight excluding hydrogens is 338 g/mol. The van der Waals surface area contributed by atoms with Gasteiger partial charge >= 0.3 is 6.09 Å². The molecule has 7 heteroatoms. The first kappa shape index (κ1) is 22.4. The molecule has 0 N–H and O–H groups in total. The van der Waals surface area contributed by atoms with Gasteiger partial charge in [0, 0.05) is 6.61 Å². The van der Waals surface area contributed by atoms with Gasteiger partial charge in [0.1, 0.15) is 5.60 Å². The molecule has 1 saturated heterocycles. The number of rotatable bonds is 5. The van der Waals surface area contributed by atoms with Crippen LogP contribution in [0.25, 0.3) is 0 Å². The molecule has 0 aromatic heterocycles. The SMILES string of the molecule is CCO[C@H]1CN(C(=O)OC(C)(C)C)C(CO[Si](C)(C)C(C)(C)C)CO1. The van der Waals surface area contributed by atoms with Crippen LogP contribution >= 0.6 is 0 Å². The molecule has 0 aromatic carbocycles. The fourth-order valence-electron chi connectivity index (χ4n) is 2.16. The Morgan fingerprint density at radius 3 is 2.28 bits per heavy atom. The van der Waals surface area contributed by atoms with Crippen molar-refractivity contribution in [1.82, 2.24) is 4.90 Å². The number of ether oxygens (including phenoxy) is 3. The van der Waals surface area contributed by atoms with E-state index in [-0.39, 0.29) is 17.2 Å². The Morgan fingerprint density at radius 1 is 1.20 bits per heavy atom. The minimum Gasteiger partial charge on any atom is -0.444 e. The number of morpholine rings is 1. The summed E-state index contributed by atoms with van der Waals surface area (Å²) in [5.74, 6) is 0. The minimum atomic E-state index is -1.90. The van der Waals surface area contributed by atoms with Crippen molar-refractivity contribution in [3.8, 4) is 0 Å². The Morgan fingerprint density at radius 2 is 1.80 bits per heavy atom. The van der Waals surface area contributed by atoms with E-state index >= 15 is 0 Å². The summed E-state index contributed by atoms with van der Waals surface area (Å²) in [6.07, 6.45) is -0.758. The lowest BCUT2D eigenvalue weighted by Crippen LogP contribution is -2.57. The Balaban J connectivity index is 2.82. The van der Waals surface area contributed by atoms with E-state index in [1.807, 2.05) is 27.7 Å². The van der Waals surface area contributed by atoms with Crippen molar-refractivity contribution in [2.24, 2.45) is 0 Å². The third-order valence-electron chi connectivity index (χ3n) is 4.68. The molecule has 148 valence electrons. The fraction of sp³-hybridized carbons (Fsp3) is 0.944. The molecule has 0 spiro atoms. The molecule has 6 nitrogen and oxygen atoms in total. The van der Waals surface area contributed by atoms with Crippen LogP contribution < -0.4 is 0 Å². The summed E-state index contributed by atoms with van der Waals surface area (Å²) in [6.45, 7) is 20.3. The highest BCUT2D eigenvalue weighted by Gasteiger charge is 2.40. The molecule has 1 heterocycles. The number of carbonyl (C=O) groups is 1. The van der Waals surface area contributed by atoms with Crippen LogP contribution in [0, 0.1) is 0 Å². The molecule has 1 aliphatic heterocycles. The van der Waals surface area contributed by atoms with Gasteiger partial charge in [-0.05, 0) is 45.8 Å². The van der Waals surface area contributed by atoms with Crippen molar-refractivity contribution in [2.45, 2.75) is 84.5 Å². The summed E-state index contributed by atoms with van der Waals surface area (Å²) >= 11 is 0. The predicted molar refractivity (Wildman–Crippen MR) is 101 cm³/mol. The van der Waals surface area contributed by atoms with Gasteiger partial charge in [-0.1, -0.05) is 20.8 Å². The Labute approximate surface area is 154 Å². The van der Waals surface area contributed by atoms with Gasteiger partial charge in [-0.25, -0.2) is 4.79 Å². The lowest BCUT2D eigenvalue weighted by Gasteiger charge is -2.42. The van der Waals surface area contributed by atoms with Gasteiger partial charge in [-0.2, -0.15) is 0 Å². The zero-order valence-corrected chi connectivity index (χ0v) is 18.5. The maximum Gasteiger partial charge on any atom is 0.410 e. The van der Waals surface area contributed by atoms with E-state index in [9.17, 15) is 4.79 Å². The van der Waals surface area contributed by atoms with Crippen molar-refractivity contribution in [3.05, 3.63) is 0 Å². The molecule has 0 aliphatic carbocycles. The van der Waals surface area contributed by atoms with Crippen molar-refractivity contribution in [3.63, 3.8) is 0 Å². The number of amides is 1. The minimum absolute atomic E-state index is 0.118. The molecule has 25 heavy (non-hydrogen) atoms. The van der Waals surface area contributed by atoms with Gasteiger partial charge < -0.3 is 18.6 Å². The number of nitrogens with zero attached hydrogens (tertiary/aromatic N) is 1. The van der Waals surface area contributed by atoms with Crippen molar-refractivity contribution in [2.75, 3.05) is 26.4 Å². The topological polar surface area (TPSA) is 57.2 Å². The second-order valence-corrected chi connectivity index (χ2v) is 13.9. The first-order valence-corrected chi connectivity index (χ1v) is 12.0. The molecule has 1 aliphatic rings. The first-order chi connectivity index (χ1) is 11.3. The summed E-state index contributed by atoms with van der Waals surface area (Å²) < 4.78 is 23.2. The molecule has 0 radical (unpaired) electrons. The van der Waals surface area contributed by atoms with Gasteiger partial charge in [-0.15, -0.1) is 0 Å². The Hall–Kier alpha value is -0.633. The number of hydrogen-bond donors (Lipinski definition) is 0. The summed E-state index contributed by atoms with van der Waals surface area (Å²) in [4.78, 5) is 14.3. The van der Waals surface area contributed by atoms with Crippen LogP contribution in [0.3, 0.4) is 0 Å². The molecule has 1 fully saturated rings. The maximum atomic E-state index is 12.6. The van der Waals surface area contributed by atoms with Crippen LogP contribution in [0.15, 0.2) is 0 Å². The first-order valence-electron chi connectivity index (χ1n) is 9.13. The van der Waals surface area contributed by atoms with Gasteiger partial charge in [-0.3, -0.25) is 4.90 Å². The highest BCUT2D eigenvalue weighted by molar-refractivity contribution is 6.74. The van der Waals surface area contributed by atoms with Gasteiger partial charge in [0.2, 0.25) is 0 Å². The van der Waals surface area contributed by atoms with E-state index < -0.39 is 20.2 Å². The van der Waals surface area contributed by atoms with E-state index in [1.165, 1.54) is 0 Å².